The summed E-state index contributed by atoms with van der Waals surface area (Å²) >= 11 is 0. The lowest BCUT2D eigenvalue weighted by molar-refractivity contribution is -0.0109. The van der Waals surface area contributed by atoms with Gasteiger partial charge in [-0.2, -0.15) is 0 Å². The van der Waals surface area contributed by atoms with Crippen LogP contribution in [0.15, 0.2) is 0 Å². The predicted octanol–water partition coefficient (Wildman–Crippen LogP) is 1.19. The Morgan fingerprint density at radius 1 is 0.500 bits per heavy atom. The van der Waals surface area contributed by atoms with E-state index in [9.17, 15) is 0 Å². The fourth-order valence-corrected chi connectivity index (χ4v) is 4.36. The van der Waals surface area contributed by atoms with Crippen LogP contribution in [0.1, 0.15) is 6.42 Å². The van der Waals surface area contributed by atoms with Crippen molar-refractivity contribution in [2.75, 3.05) is 101 Å². The second-order valence-electron chi connectivity index (χ2n) is 5.65. The van der Waals surface area contributed by atoms with Crippen molar-refractivity contribution < 1.29 is 41.7 Å². The number of methoxy groups -OCH3 is 3. The lowest BCUT2D eigenvalue weighted by atomic mass is 10.6. The molecule has 0 aromatic rings. The average Bonchev–Trinajstić information content (AvgIpc) is 2.70. The molecule has 1 radical (unpaired) electrons. The Morgan fingerprint density at radius 3 is 1.11 bits per heavy atom. The number of hydrogen-bond donors (Lipinski definition) is 0. The van der Waals surface area contributed by atoms with Crippen LogP contribution in [0, 0.1) is 6.92 Å². The van der Waals surface area contributed by atoms with Crippen molar-refractivity contribution in [3.63, 3.8) is 0 Å². The van der Waals surface area contributed by atoms with Gasteiger partial charge in [0.05, 0.1) is 79.3 Å². The van der Waals surface area contributed by atoms with E-state index in [-0.39, 0.29) is 0 Å². The maximum absolute atomic E-state index is 6.03. The predicted molar refractivity (Wildman–Crippen MR) is 106 cm³/mol. The molecule has 9 nitrogen and oxygen atoms in total. The first-order chi connectivity index (χ1) is 13.7. The smallest absolute Gasteiger partial charge is 0.382 e. The van der Waals surface area contributed by atoms with Crippen molar-refractivity contribution in [3.05, 3.63) is 6.92 Å². The highest BCUT2D eigenvalue weighted by molar-refractivity contribution is 6.60. The van der Waals surface area contributed by atoms with Gasteiger partial charge in [-0.15, -0.1) is 0 Å². The first-order valence-electron chi connectivity index (χ1n) is 9.65. The number of hydrogen-bond acceptors (Lipinski definition) is 9. The van der Waals surface area contributed by atoms with E-state index < -0.39 is 8.80 Å². The zero-order valence-corrected chi connectivity index (χ0v) is 18.8. The van der Waals surface area contributed by atoms with Gasteiger partial charge in [0.1, 0.15) is 0 Å². The van der Waals surface area contributed by atoms with Crippen LogP contribution in [-0.4, -0.2) is 109 Å². The third kappa shape index (κ3) is 16.8. The van der Waals surface area contributed by atoms with Gasteiger partial charge in [0, 0.05) is 27.4 Å². The molecule has 0 aliphatic rings. The summed E-state index contributed by atoms with van der Waals surface area (Å²) in [5.41, 5.74) is 0. The molecule has 0 aliphatic carbocycles. The van der Waals surface area contributed by atoms with Crippen LogP contribution in [0.5, 0.6) is 0 Å². The van der Waals surface area contributed by atoms with Gasteiger partial charge in [-0.3, -0.25) is 0 Å². The molecule has 0 atom stereocenters. The fraction of sp³-hybridized carbons (Fsp3) is 0.944. The third-order valence-electron chi connectivity index (χ3n) is 3.43. The fourth-order valence-electron chi connectivity index (χ4n) is 2.06. The van der Waals surface area contributed by atoms with E-state index in [0.717, 1.165) is 0 Å². The van der Waals surface area contributed by atoms with Crippen molar-refractivity contribution in [2.45, 2.75) is 12.5 Å². The van der Waals surface area contributed by atoms with E-state index in [1.807, 2.05) is 0 Å². The minimum absolute atomic E-state index is 0.380. The van der Waals surface area contributed by atoms with Crippen molar-refractivity contribution in [2.24, 2.45) is 0 Å². The van der Waals surface area contributed by atoms with Crippen LogP contribution >= 0.6 is 0 Å². The molecule has 0 heterocycles. The summed E-state index contributed by atoms with van der Waals surface area (Å²) in [6.45, 7) is 9.59. The van der Waals surface area contributed by atoms with Gasteiger partial charge in [0.2, 0.25) is 0 Å². The Morgan fingerprint density at radius 2 is 0.821 bits per heavy atom. The van der Waals surface area contributed by atoms with Gasteiger partial charge in [-0.05, 0) is 6.42 Å². The van der Waals surface area contributed by atoms with Crippen LogP contribution in [0.2, 0.25) is 6.04 Å². The Kier molecular flexibility index (Phi) is 21.5. The van der Waals surface area contributed by atoms with Crippen LogP contribution in [0.4, 0.5) is 0 Å². The van der Waals surface area contributed by atoms with Gasteiger partial charge in [0.15, 0.2) is 0 Å². The van der Waals surface area contributed by atoms with E-state index >= 15 is 0 Å². The number of rotatable bonds is 23. The Labute approximate surface area is 171 Å². The third-order valence-corrected chi connectivity index (χ3v) is 6.33. The number of ether oxygens (including phenoxy) is 6. The zero-order valence-electron chi connectivity index (χ0n) is 17.8. The second-order valence-corrected chi connectivity index (χ2v) is 8.38. The summed E-state index contributed by atoms with van der Waals surface area (Å²) < 4.78 is 49.3. The van der Waals surface area contributed by atoms with E-state index in [1.54, 1.807) is 21.3 Å². The minimum Gasteiger partial charge on any atom is -0.382 e. The molecule has 0 amide bonds. The Bertz CT molecular complexity index is 270. The van der Waals surface area contributed by atoms with E-state index in [0.29, 0.717) is 91.7 Å². The van der Waals surface area contributed by atoms with Crippen LogP contribution in [-0.2, 0) is 41.7 Å². The summed E-state index contributed by atoms with van der Waals surface area (Å²) in [5.74, 6) is 0. The molecule has 169 valence electrons. The molecule has 0 unspecified atom stereocenters. The molecular formula is C18H39O9Si. The molecule has 0 spiro atoms. The molecular weight excluding hydrogens is 388 g/mol. The minimum atomic E-state index is -2.90. The van der Waals surface area contributed by atoms with Crippen LogP contribution in [0.3, 0.4) is 0 Å². The monoisotopic (exact) mass is 427 g/mol. The highest BCUT2D eigenvalue weighted by atomic mass is 28.4. The lowest BCUT2D eigenvalue weighted by Crippen LogP contribution is -2.48. The van der Waals surface area contributed by atoms with E-state index in [1.165, 1.54) is 0 Å². The Hall–Kier alpha value is -0.143. The van der Waals surface area contributed by atoms with Gasteiger partial charge in [-0.1, -0.05) is 6.92 Å². The maximum Gasteiger partial charge on any atom is 0.501 e. The lowest BCUT2D eigenvalue weighted by Gasteiger charge is -2.29. The molecule has 0 saturated carbocycles. The van der Waals surface area contributed by atoms with Gasteiger partial charge in [0.25, 0.3) is 0 Å². The highest BCUT2D eigenvalue weighted by Crippen LogP contribution is 2.18. The average molecular weight is 428 g/mol. The van der Waals surface area contributed by atoms with Crippen molar-refractivity contribution >= 4 is 8.80 Å². The topological polar surface area (TPSA) is 83.1 Å². The van der Waals surface area contributed by atoms with E-state index in [2.05, 4.69) is 6.92 Å². The van der Waals surface area contributed by atoms with Crippen LogP contribution < -0.4 is 0 Å². The van der Waals surface area contributed by atoms with Crippen molar-refractivity contribution in [1.82, 2.24) is 0 Å². The quantitative estimate of drug-likeness (QED) is 0.176. The van der Waals surface area contributed by atoms with Gasteiger partial charge in [-0.25, -0.2) is 0 Å². The Balaban J connectivity index is 4.39. The normalized spacial score (nSPS) is 12.0. The maximum atomic E-state index is 6.03. The van der Waals surface area contributed by atoms with Crippen molar-refractivity contribution in [1.29, 1.82) is 0 Å². The molecule has 0 aromatic heterocycles. The molecule has 0 fully saturated rings. The summed E-state index contributed by atoms with van der Waals surface area (Å²) in [4.78, 5) is 0. The molecule has 28 heavy (non-hydrogen) atoms. The summed E-state index contributed by atoms with van der Waals surface area (Å²) in [6.07, 6.45) is 0.645. The SMILES string of the molecule is [CH2]CC[Si](OCCOCCOC)(OCCOCCOC)OCCOCCOC. The van der Waals surface area contributed by atoms with Crippen molar-refractivity contribution in [3.8, 4) is 0 Å². The highest BCUT2D eigenvalue weighted by Gasteiger charge is 2.40. The first-order valence-corrected chi connectivity index (χ1v) is 11.6. The molecule has 0 bridgehead atoms. The largest absolute Gasteiger partial charge is 0.501 e. The van der Waals surface area contributed by atoms with Crippen LogP contribution in [0.25, 0.3) is 0 Å². The molecule has 0 aromatic carbocycles. The zero-order chi connectivity index (χ0) is 20.8. The summed E-state index contributed by atoms with van der Waals surface area (Å²) in [6, 6.07) is 0.612. The molecule has 0 saturated heterocycles. The molecule has 0 aliphatic heterocycles. The van der Waals surface area contributed by atoms with E-state index in [4.69, 9.17) is 41.7 Å². The molecule has 0 rings (SSSR count). The summed E-state index contributed by atoms with van der Waals surface area (Å²) in [7, 11) is 2.01. The molecule has 10 heteroatoms. The van der Waals surface area contributed by atoms with Gasteiger partial charge >= 0.3 is 8.80 Å². The standard InChI is InChI=1S/C18H39O9Si/c1-5-18-28(25-15-12-22-9-6-19-2,26-16-13-23-10-7-20-3)27-17-14-24-11-8-21-4/h1,5-18H2,2-4H3. The first kappa shape index (κ1) is 27.9. The van der Waals surface area contributed by atoms with Gasteiger partial charge < -0.3 is 41.7 Å². The second kappa shape index (κ2) is 21.6. The summed E-state index contributed by atoms with van der Waals surface area (Å²) in [5, 5.41) is 0. The molecule has 0 N–H and O–H groups in total.